The van der Waals surface area contributed by atoms with E-state index in [1.807, 2.05) is 42.5 Å². The summed E-state index contributed by atoms with van der Waals surface area (Å²) in [6.45, 7) is 0.135. The Bertz CT molecular complexity index is 896. The van der Waals surface area contributed by atoms with E-state index >= 15 is 0 Å². The fourth-order valence-corrected chi connectivity index (χ4v) is 3.67. The maximum Gasteiger partial charge on any atom is 0.203 e. The number of aryl methyl sites for hydroxylation is 1. The molecule has 1 unspecified atom stereocenters. The molecule has 3 aromatic carbocycles. The van der Waals surface area contributed by atoms with Gasteiger partial charge in [-0.3, -0.25) is 0 Å². The Hall–Kier alpha value is -2.98. The summed E-state index contributed by atoms with van der Waals surface area (Å²) in [6, 6.07) is 22.4. The maximum atomic E-state index is 9.89. The second-order valence-electron chi connectivity index (χ2n) is 6.90. The van der Waals surface area contributed by atoms with E-state index in [1.165, 1.54) is 11.1 Å². The fourth-order valence-electron chi connectivity index (χ4n) is 3.67. The summed E-state index contributed by atoms with van der Waals surface area (Å²) in [4.78, 5) is 0. The van der Waals surface area contributed by atoms with Crippen molar-refractivity contribution in [3.05, 3.63) is 77.9 Å². The van der Waals surface area contributed by atoms with Crippen LogP contribution in [0.25, 0.3) is 11.1 Å². The predicted octanol–water partition coefficient (Wildman–Crippen LogP) is 5.09. The minimum Gasteiger partial charge on any atom is -0.493 e. The topological polar surface area (TPSA) is 47.9 Å². The molecule has 29 heavy (non-hydrogen) atoms. The Balaban J connectivity index is 1.91. The molecule has 0 aliphatic rings. The zero-order chi connectivity index (χ0) is 20.6. The molecular formula is C25H28O4. The van der Waals surface area contributed by atoms with Crippen LogP contribution in [0.3, 0.4) is 0 Å². The van der Waals surface area contributed by atoms with Crippen LogP contribution in [0, 0.1) is 0 Å². The molecule has 0 saturated heterocycles. The standard InChI is InChI=1S/C25H28O4/c1-27-23-15-21(16-24(28-2)25(23)29-3)22-12-8-7-11-19(22)13-14-20(17-26)18-9-5-4-6-10-18/h4-12,15-16,20,26H,13-14,17H2,1-3H3. The number of aliphatic hydroxyl groups is 1. The average molecular weight is 392 g/mol. The molecule has 0 aliphatic heterocycles. The van der Waals surface area contributed by atoms with E-state index in [1.54, 1.807) is 21.3 Å². The van der Waals surface area contributed by atoms with Crippen LogP contribution in [-0.2, 0) is 6.42 Å². The Morgan fingerprint density at radius 2 is 1.41 bits per heavy atom. The molecule has 0 aromatic heterocycles. The first-order valence-electron chi connectivity index (χ1n) is 9.75. The number of hydrogen-bond acceptors (Lipinski definition) is 4. The van der Waals surface area contributed by atoms with Gasteiger partial charge in [-0.1, -0.05) is 54.6 Å². The third-order valence-electron chi connectivity index (χ3n) is 5.25. The van der Waals surface area contributed by atoms with E-state index < -0.39 is 0 Å². The summed E-state index contributed by atoms with van der Waals surface area (Å²) < 4.78 is 16.5. The maximum absolute atomic E-state index is 9.89. The minimum atomic E-state index is 0.115. The summed E-state index contributed by atoms with van der Waals surface area (Å²) >= 11 is 0. The lowest BCUT2D eigenvalue weighted by molar-refractivity contribution is 0.259. The smallest absolute Gasteiger partial charge is 0.203 e. The zero-order valence-electron chi connectivity index (χ0n) is 17.2. The van der Waals surface area contributed by atoms with Gasteiger partial charge in [-0.2, -0.15) is 0 Å². The molecule has 152 valence electrons. The van der Waals surface area contributed by atoms with Gasteiger partial charge in [0.25, 0.3) is 0 Å². The van der Waals surface area contributed by atoms with Gasteiger partial charge in [0.15, 0.2) is 11.5 Å². The third-order valence-corrected chi connectivity index (χ3v) is 5.25. The molecule has 4 nitrogen and oxygen atoms in total. The molecule has 4 heteroatoms. The van der Waals surface area contributed by atoms with E-state index in [0.29, 0.717) is 17.2 Å². The highest BCUT2D eigenvalue weighted by molar-refractivity contribution is 5.73. The lowest BCUT2D eigenvalue weighted by Crippen LogP contribution is -2.06. The highest BCUT2D eigenvalue weighted by atomic mass is 16.5. The first-order valence-corrected chi connectivity index (χ1v) is 9.75. The molecule has 3 rings (SSSR count). The highest BCUT2D eigenvalue weighted by Gasteiger charge is 2.17. The monoisotopic (exact) mass is 392 g/mol. The van der Waals surface area contributed by atoms with Gasteiger partial charge in [0.05, 0.1) is 21.3 Å². The molecule has 0 amide bonds. The summed E-state index contributed by atoms with van der Waals surface area (Å²) in [6.07, 6.45) is 1.72. The van der Waals surface area contributed by atoms with Crippen LogP contribution in [0.15, 0.2) is 66.7 Å². The van der Waals surface area contributed by atoms with Gasteiger partial charge in [0.2, 0.25) is 5.75 Å². The summed E-state index contributed by atoms with van der Waals surface area (Å²) in [5.74, 6) is 1.97. The molecule has 0 aliphatic carbocycles. The Morgan fingerprint density at radius 1 is 0.793 bits per heavy atom. The van der Waals surface area contributed by atoms with Crippen molar-refractivity contribution in [2.24, 2.45) is 0 Å². The number of ether oxygens (including phenoxy) is 3. The summed E-state index contributed by atoms with van der Waals surface area (Å²) in [5, 5.41) is 9.89. The van der Waals surface area contributed by atoms with Crippen LogP contribution in [0.5, 0.6) is 17.2 Å². The normalized spacial score (nSPS) is 11.7. The van der Waals surface area contributed by atoms with E-state index in [2.05, 4.69) is 24.3 Å². The Morgan fingerprint density at radius 3 is 2.00 bits per heavy atom. The average Bonchev–Trinajstić information content (AvgIpc) is 2.79. The molecule has 0 spiro atoms. The fraction of sp³-hybridized carbons (Fsp3) is 0.280. The number of benzene rings is 3. The molecule has 0 radical (unpaired) electrons. The van der Waals surface area contributed by atoms with Crippen molar-refractivity contribution in [2.45, 2.75) is 18.8 Å². The predicted molar refractivity (Wildman–Crippen MR) is 116 cm³/mol. The van der Waals surface area contributed by atoms with Crippen molar-refractivity contribution >= 4 is 0 Å². The molecule has 3 aromatic rings. The van der Waals surface area contributed by atoms with Crippen molar-refractivity contribution in [3.63, 3.8) is 0 Å². The lowest BCUT2D eigenvalue weighted by atomic mass is 9.90. The van der Waals surface area contributed by atoms with Gasteiger partial charge in [-0.05, 0) is 47.2 Å². The van der Waals surface area contributed by atoms with Crippen LogP contribution >= 0.6 is 0 Å². The quantitative estimate of drug-likeness (QED) is 0.551. The van der Waals surface area contributed by atoms with Gasteiger partial charge in [0, 0.05) is 12.5 Å². The van der Waals surface area contributed by atoms with Crippen molar-refractivity contribution < 1.29 is 19.3 Å². The SMILES string of the molecule is COc1cc(-c2ccccc2CCC(CO)c2ccccc2)cc(OC)c1OC. The van der Waals surface area contributed by atoms with Gasteiger partial charge in [0.1, 0.15) is 0 Å². The van der Waals surface area contributed by atoms with Crippen molar-refractivity contribution in [2.75, 3.05) is 27.9 Å². The van der Waals surface area contributed by atoms with E-state index in [9.17, 15) is 5.11 Å². The second kappa shape index (κ2) is 9.99. The van der Waals surface area contributed by atoms with Gasteiger partial charge < -0.3 is 19.3 Å². The third kappa shape index (κ3) is 4.72. The number of methoxy groups -OCH3 is 3. The van der Waals surface area contributed by atoms with Gasteiger partial charge >= 0.3 is 0 Å². The lowest BCUT2D eigenvalue weighted by Gasteiger charge is -2.18. The van der Waals surface area contributed by atoms with E-state index in [4.69, 9.17) is 14.2 Å². The molecule has 1 atom stereocenters. The molecule has 1 N–H and O–H groups in total. The van der Waals surface area contributed by atoms with Crippen LogP contribution in [0.1, 0.15) is 23.5 Å². The molecule has 0 bridgehead atoms. The van der Waals surface area contributed by atoms with Crippen molar-refractivity contribution in [3.8, 4) is 28.4 Å². The van der Waals surface area contributed by atoms with E-state index in [-0.39, 0.29) is 12.5 Å². The molecular weight excluding hydrogens is 364 g/mol. The summed E-state index contributed by atoms with van der Waals surface area (Å²) in [7, 11) is 4.85. The minimum absolute atomic E-state index is 0.115. The van der Waals surface area contributed by atoms with Crippen molar-refractivity contribution in [1.29, 1.82) is 0 Å². The Kier molecular flexibility index (Phi) is 7.14. The van der Waals surface area contributed by atoms with Crippen LogP contribution in [0.4, 0.5) is 0 Å². The first kappa shape index (κ1) is 20.7. The zero-order valence-corrected chi connectivity index (χ0v) is 17.2. The largest absolute Gasteiger partial charge is 0.493 e. The number of aliphatic hydroxyl groups excluding tert-OH is 1. The van der Waals surface area contributed by atoms with Crippen LogP contribution < -0.4 is 14.2 Å². The second-order valence-corrected chi connectivity index (χ2v) is 6.90. The first-order chi connectivity index (χ1) is 14.2. The van der Waals surface area contributed by atoms with Gasteiger partial charge in [-0.25, -0.2) is 0 Å². The summed E-state index contributed by atoms with van der Waals surface area (Å²) in [5.41, 5.74) is 4.52. The van der Waals surface area contributed by atoms with Crippen molar-refractivity contribution in [1.82, 2.24) is 0 Å². The Labute approximate surface area is 172 Å². The number of rotatable bonds is 9. The van der Waals surface area contributed by atoms with E-state index in [0.717, 1.165) is 24.0 Å². The molecule has 0 fully saturated rings. The number of hydrogen-bond donors (Lipinski definition) is 1. The molecule has 0 saturated carbocycles. The van der Waals surface area contributed by atoms with Crippen LogP contribution in [0.2, 0.25) is 0 Å². The van der Waals surface area contributed by atoms with Gasteiger partial charge in [-0.15, -0.1) is 0 Å². The molecule has 0 heterocycles. The highest BCUT2D eigenvalue weighted by Crippen LogP contribution is 2.42. The van der Waals surface area contributed by atoms with Crippen LogP contribution in [-0.4, -0.2) is 33.0 Å².